The summed E-state index contributed by atoms with van der Waals surface area (Å²) in [7, 11) is 0. The largest absolute Gasteiger partial charge is 0.273 e. The lowest BCUT2D eigenvalue weighted by molar-refractivity contribution is -0.126. The predicted molar refractivity (Wildman–Crippen MR) is 115 cm³/mol. The zero-order chi connectivity index (χ0) is 20.7. The lowest BCUT2D eigenvalue weighted by Crippen LogP contribution is -2.37. The number of imide groups is 1. The van der Waals surface area contributed by atoms with Crippen LogP contribution in [0.1, 0.15) is 24.1 Å². The summed E-state index contributed by atoms with van der Waals surface area (Å²) in [6.07, 6.45) is 0.0623. The molecule has 0 aliphatic carbocycles. The quantitative estimate of drug-likeness (QED) is 0.615. The third kappa shape index (κ3) is 2.90. The van der Waals surface area contributed by atoms with E-state index in [0.29, 0.717) is 5.69 Å². The predicted octanol–water partition coefficient (Wildman–Crippen LogP) is 4.30. The first kappa shape index (κ1) is 18.6. The molecule has 2 aliphatic heterocycles. The number of amides is 2. The molecule has 2 aliphatic rings. The zero-order valence-electron chi connectivity index (χ0n) is 16.6. The van der Waals surface area contributed by atoms with Crippen molar-refractivity contribution in [3.05, 3.63) is 96.1 Å². The second-order valence-electron chi connectivity index (χ2n) is 7.60. The molecule has 5 heteroatoms. The molecule has 0 aromatic heterocycles. The summed E-state index contributed by atoms with van der Waals surface area (Å²) in [5, 5.41) is 1.72. The molecular weight excluding hydrogens is 376 g/mol. The van der Waals surface area contributed by atoms with Crippen molar-refractivity contribution in [3.63, 3.8) is 0 Å². The Balaban J connectivity index is 1.55. The minimum atomic E-state index is -0.839. The van der Waals surface area contributed by atoms with Gasteiger partial charge in [-0.2, -0.15) is 0 Å². The molecule has 0 radical (unpaired) electrons. The fourth-order valence-electron chi connectivity index (χ4n) is 4.34. The van der Waals surface area contributed by atoms with E-state index in [2.05, 4.69) is 6.92 Å². The van der Waals surface area contributed by atoms with Crippen LogP contribution in [0.4, 0.5) is 11.4 Å². The van der Waals surface area contributed by atoms with Crippen molar-refractivity contribution in [2.45, 2.75) is 25.5 Å². The molecule has 2 heterocycles. The van der Waals surface area contributed by atoms with E-state index in [9.17, 15) is 9.59 Å². The van der Waals surface area contributed by atoms with Gasteiger partial charge in [0.15, 0.2) is 6.10 Å². The van der Waals surface area contributed by atoms with E-state index < -0.39 is 12.0 Å². The normalized spacial score (nSPS) is 23.2. The monoisotopic (exact) mass is 398 g/mol. The number of para-hydroxylation sites is 1. The fraction of sp³-hybridized carbons (Fsp3) is 0.200. The van der Waals surface area contributed by atoms with E-state index in [4.69, 9.17) is 4.84 Å². The average molecular weight is 398 g/mol. The number of aryl methyl sites for hydroxylation is 1. The van der Waals surface area contributed by atoms with Gasteiger partial charge in [-0.25, -0.2) is 9.96 Å². The molecule has 2 fully saturated rings. The minimum absolute atomic E-state index is 0.221. The number of hydroxylamine groups is 1. The van der Waals surface area contributed by atoms with Gasteiger partial charge in [0.05, 0.1) is 17.4 Å². The Hall–Kier alpha value is -3.44. The van der Waals surface area contributed by atoms with Crippen LogP contribution >= 0.6 is 0 Å². The third-order valence-corrected chi connectivity index (χ3v) is 5.87. The number of rotatable bonds is 4. The van der Waals surface area contributed by atoms with E-state index in [1.165, 1.54) is 4.90 Å². The van der Waals surface area contributed by atoms with Gasteiger partial charge < -0.3 is 0 Å². The Kier molecular flexibility index (Phi) is 4.60. The van der Waals surface area contributed by atoms with E-state index in [0.717, 1.165) is 23.2 Å². The Morgan fingerprint density at radius 2 is 1.40 bits per heavy atom. The smallest absolute Gasteiger partial charge is 0.266 e. The van der Waals surface area contributed by atoms with Crippen LogP contribution in [-0.2, 0) is 20.8 Å². The molecule has 5 rings (SSSR count). The van der Waals surface area contributed by atoms with Crippen LogP contribution in [0.2, 0.25) is 0 Å². The standard InChI is InChI=1S/C25H22N2O3/c1-2-17-13-15-19(16-14-17)26-24(28)21-22(18-9-5-3-6-10-18)27(30-23(21)25(26)29)20-11-7-4-8-12-20/h3-16,21-23H,2H2,1H3/t21-,22+,23+/m0/s1. The maximum absolute atomic E-state index is 13.5. The molecule has 2 saturated heterocycles. The first-order valence-corrected chi connectivity index (χ1v) is 10.2. The summed E-state index contributed by atoms with van der Waals surface area (Å²) in [5.41, 5.74) is 3.52. The maximum atomic E-state index is 13.5. The molecule has 150 valence electrons. The molecule has 0 spiro atoms. The van der Waals surface area contributed by atoms with Crippen molar-refractivity contribution in [1.29, 1.82) is 0 Å². The maximum Gasteiger partial charge on any atom is 0.266 e. The molecular formula is C25H22N2O3. The third-order valence-electron chi connectivity index (χ3n) is 5.87. The topological polar surface area (TPSA) is 49.9 Å². The minimum Gasteiger partial charge on any atom is -0.273 e. The highest BCUT2D eigenvalue weighted by atomic mass is 16.7. The summed E-state index contributed by atoms with van der Waals surface area (Å²) in [6.45, 7) is 2.07. The zero-order valence-corrected chi connectivity index (χ0v) is 16.6. The fourth-order valence-corrected chi connectivity index (χ4v) is 4.34. The van der Waals surface area contributed by atoms with E-state index >= 15 is 0 Å². The molecule has 0 unspecified atom stereocenters. The van der Waals surface area contributed by atoms with Gasteiger partial charge in [-0.3, -0.25) is 14.4 Å². The lowest BCUT2D eigenvalue weighted by atomic mass is 9.90. The Morgan fingerprint density at radius 3 is 2.03 bits per heavy atom. The van der Waals surface area contributed by atoms with Crippen LogP contribution < -0.4 is 9.96 Å². The highest BCUT2D eigenvalue weighted by Crippen LogP contribution is 2.47. The Labute approximate surface area is 175 Å². The Morgan fingerprint density at radius 1 is 0.767 bits per heavy atom. The van der Waals surface area contributed by atoms with Crippen LogP contribution in [0.15, 0.2) is 84.9 Å². The first-order chi connectivity index (χ1) is 14.7. The van der Waals surface area contributed by atoms with Gasteiger partial charge in [-0.15, -0.1) is 0 Å². The van der Waals surface area contributed by atoms with Crippen molar-refractivity contribution in [3.8, 4) is 0 Å². The number of anilines is 2. The van der Waals surface area contributed by atoms with Crippen molar-refractivity contribution in [2.24, 2.45) is 5.92 Å². The van der Waals surface area contributed by atoms with Crippen molar-refractivity contribution >= 4 is 23.2 Å². The van der Waals surface area contributed by atoms with Crippen LogP contribution in [-0.4, -0.2) is 17.9 Å². The van der Waals surface area contributed by atoms with Crippen LogP contribution in [0.25, 0.3) is 0 Å². The van der Waals surface area contributed by atoms with Gasteiger partial charge in [-0.05, 0) is 41.8 Å². The van der Waals surface area contributed by atoms with Gasteiger partial charge in [0.2, 0.25) is 5.91 Å². The SMILES string of the molecule is CCc1ccc(N2C(=O)[C@H]3[C@@H](c4ccccc4)N(c4ccccc4)O[C@H]3C2=O)cc1. The summed E-state index contributed by atoms with van der Waals surface area (Å²) >= 11 is 0. The Bertz CT molecular complexity index is 1070. The average Bonchev–Trinajstić information content (AvgIpc) is 3.31. The number of fused-ring (bicyclic) bond motifs is 1. The van der Waals surface area contributed by atoms with Crippen LogP contribution in [0, 0.1) is 5.92 Å². The molecule has 0 bridgehead atoms. The van der Waals surface area contributed by atoms with Crippen molar-refractivity contribution in [1.82, 2.24) is 0 Å². The second kappa shape index (κ2) is 7.43. The van der Waals surface area contributed by atoms with Crippen molar-refractivity contribution < 1.29 is 14.4 Å². The van der Waals surface area contributed by atoms with Gasteiger partial charge in [0, 0.05) is 0 Å². The molecule has 0 saturated carbocycles. The number of nitrogens with zero attached hydrogens (tertiary/aromatic N) is 2. The van der Waals surface area contributed by atoms with Crippen LogP contribution in [0.3, 0.4) is 0 Å². The van der Waals surface area contributed by atoms with Crippen molar-refractivity contribution in [2.75, 3.05) is 9.96 Å². The summed E-state index contributed by atoms with van der Waals surface area (Å²) in [5.74, 6) is -1.14. The number of hydrogen-bond donors (Lipinski definition) is 0. The van der Waals surface area contributed by atoms with Crippen LogP contribution in [0.5, 0.6) is 0 Å². The molecule has 3 aromatic carbocycles. The molecule has 2 amide bonds. The number of benzene rings is 3. The first-order valence-electron chi connectivity index (χ1n) is 10.2. The molecule has 3 aromatic rings. The number of carbonyl (C=O) groups excluding carboxylic acids is 2. The molecule has 5 nitrogen and oxygen atoms in total. The molecule has 3 atom stereocenters. The lowest BCUT2D eigenvalue weighted by Gasteiger charge is -2.28. The summed E-state index contributed by atoms with van der Waals surface area (Å²) in [6, 6.07) is 26.6. The summed E-state index contributed by atoms with van der Waals surface area (Å²) < 4.78 is 0. The molecule has 0 N–H and O–H groups in total. The highest BCUT2D eigenvalue weighted by Gasteiger charge is 2.60. The second-order valence-corrected chi connectivity index (χ2v) is 7.60. The van der Waals surface area contributed by atoms with Gasteiger partial charge in [0.25, 0.3) is 5.91 Å². The van der Waals surface area contributed by atoms with Gasteiger partial charge >= 0.3 is 0 Å². The highest BCUT2D eigenvalue weighted by molar-refractivity contribution is 6.23. The van der Waals surface area contributed by atoms with E-state index in [-0.39, 0.29) is 17.9 Å². The van der Waals surface area contributed by atoms with Gasteiger partial charge in [-0.1, -0.05) is 67.6 Å². The number of carbonyl (C=O) groups is 2. The van der Waals surface area contributed by atoms with Gasteiger partial charge in [0.1, 0.15) is 5.92 Å². The number of hydrogen-bond acceptors (Lipinski definition) is 4. The van der Waals surface area contributed by atoms with E-state index in [1.807, 2.05) is 84.9 Å². The van der Waals surface area contributed by atoms with E-state index in [1.54, 1.807) is 5.06 Å². The molecule has 30 heavy (non-hydrogen) atoms. The summed E-state index contributed by atoms with van der Waals surface area (Å²) in [4.78, 5) is 34.2.